The zero-order chi connectivity index (χ0) is 11.8. The maximum atomic E-state index is 3.62. The normalized spacial score (nSPS) is 20.4. The van der Waals surface area contributed by atoms with Gasteiger partial charge in [-0.3, -0.25) is 0 Å². The van der Waals surface area contributed by atoms with Crippen LogP contribution in [0.1, 0.15) is 6.42 Å². The molecule has 1 fully saturated rings. The quantitative estimate of drug-likeness (QED) is 0.914. The van der Waals surface area contributed by atoms with E-state index in [-0.39, 0.29) is 0 Å². The highest BCUT2D eigenvalue weighted by Gasteiger charge is 2.22. The van der Waals surface area contributed by atoms with Crippen LogP contribution in [0.5, 0.6) is 0 Å². The molecule has 17 heavy (non-hydrogen) atoms. The molecule has 1 aromatic carbocycles. The first-order valence-corrected chi connectivity index (χ1v) is 7.55. The number of hydrogen-bond acceptors (Lipinski definition) is 3. The van der Waals surface area contributed by atoms with Crippen molar-refractivity contribution in [1.82, 2.24) is 5.32 Å². The summed E-state index contributed by atoms with van der Waals surface area (Å²) in [6.45, 7) is 2.27. The molecule has 0 unspecified atom stereocenters. The highest BCUT2D eigenvalue weighted by molar-refractivity contribution is 9.10. The van der Waals surface area contributed by atoms with Gasteiger partial charge in [-0.05, 0) is 53.0 Å². The zero-order valence-electron chi connectivity index (χ0n) is 9.74. The van der Waals surface area contributed by atoms with E-state index in [0.29, 0.717) is 6.04 Å². The molecule has 0 radical (unpaired) electrons. The van der Waals surface area contributed by atoms with Gasteiger partial charge in [0.2, 0.25) is 0 Å². The van der Waals surface area contributed by atoms with Crippen molar-refractivity contribution >= 4 is 43.0 Å². The van der Waals surface area contributed by atoms with Crippen molar-refractivity contribution in [2.75, 3.05) is 25.0 Å². The van der Waals surface area contributed by atoms with Gasteiger partial charge < -0.3 is 10.2 Å². The van der Waals surface area contributed by atoms with E-state index >= 15 is 0 Å². The van der Waals surface area contributed by atoms with Crippen LogP contribution in [0.2, 0.25) is 0 Å². The minimum Gasteiger partial charge on any atom is -0.369 e. The number of benzene rings is 1. The number of hydrogen-bond donors (Lipinski definition) is 1. The van der Waals surface area contributed by atoms with E-state index in [4.69, 9.17) is 0 Å². The van der Waals surface area contributed by atoms with Crippen LogP contribution in [0, 0.1) is 0 Å². The minimum absolute atomic E-state index is 0.632. The predicted molar refractivity (Wildman–Crippen MR) is 79.2 cm³/mol. The van der Waals surface area contributed by atoms with Crippen molar-refractivity contribution < 1.29 is 0 Å². The van der Waals surface area contributed by atoms with E-state index in [9.17, 15) is 0 Å². The molecule has 0 saturated carbocycles. The monoisotopic (exact) mass is 310 g/mol. The fourth-order valence-corrected chi connectivity index (χ4v) is 3.95. The summed E-state index contributed by atoms with van der Waals surface area (Å²) in [5, 5.41) is 6.92. The molecule has 1 saturated heterocycles. The summed E-state index contributed by atoms with van der Waals surface area (Å²) in [5.41, 5.74) is 1.38. The zero-order valence-corrected chi connectivity index (χ0v) is 12.1. The second-order valence-corrected chi connectivity index (χ2v) is 6.22. The van der Waals surface area contributed by atoms with E-state index in [1.165, 1.54) is 26.7 Å². The molecule has 0 bridgehead atoms. The number of anilines is 1. The van der Waals surface area contributed by atoms with Gasteiger partial charge in [-0.1, -0.05) is 0 Å². The molecule has 4 heteroatoms. The van der Waals surface area contributed by atoms with Crippen LogP contribution < -0.4 is 10.2 Å². The van der Waals surface area contributed by atoms with Crippen molar-refractivity contribution in [3.63, 3.8) is 0 Å². The van der Waals surface area contributed by atoms with Gasteiger partial charge in [-0.2, -0.15) is 0 Å². The number of rotatable bonds is 2. The highest BCUT2D eigenvalue weighted by atomic mass is 79.9. The Morgan fingerprint density at radius 2 is 2.29 bits per heavy atom. The molecule has 0 amide bonds. The van der Waals surface area contributed by atoms with Gasteiger partial charge in [0.15, 0.2) is 0 Å². The van der Waals surface area contributed by atoms with Gasteiger partial charge in [0.1, 0.15) is 0 Å². The van der Waals surface area contributed by atoms with Crippen LogP contribution in [0.25, 0.3) is 10.1 Å². The summed E-state index contributed by atoms with van der Waals surface area (Å²) in [6.07, 6.45) is 1.23. The molecule has 1 aliphatic rings. The molecule has 90 valence electrons. The van der Waals surface area contributed by atoms with E-state index in [2.05, 4.69) is 56.8 Å². The Balaban J connectivity index is 2.01. The van der Waals surface area contributed by atoms with Crippen molar-refractivity contribution in [2.24, 2.45) is 0 Å². The lowest BCUT2D eigenvalue weighted by Gasteiger charge is -2.20. The van der Waals surface area contributed by atoms with E-state index in [1.807, 2.05) is 0 Å². The molecular weight excluding hydrogens is 296 g/mol. The first-order chi connectivity index (χ1) is 8.29. The van der Waals surface area contributed by atoms with Gasteiger partial charge >= 0.3 is 0 Å². The van der Waals surface area contributed by atoms with Crippen LogP contribution in [0.4, 0.5) is 5.69 Å². The molecule has 2 nitrogen and oxygen atoms in total. The Bertz CT molecular complexity index is 537. The summed E-state index contributed by atoms with van der Waals surface area (Å²) >= 11 is 5.43. The lowest BCUT2D eigenvalue weighted by atomic mass is 10.2. The van der Waals surface area contributed by atoms with Gasteiger partial charge in [0.25, 0.3) is 0 Å². The number of halogens is 1. The third-order valence-corrected chi connectivity index (χ3v) is 5.35. The first kappa shape index (κ1) is 11.5. The number of nitrogens with one attached hydrogen (secondary N) is 1. The number of nitrogens with zero attached hydrogens (tertiary/aromatic N) is 1. The smallest absolute Gasteiger partial charge is 0.0505 e. The second kappa shape index (κ2) is 4.59. The third-order valence-electron chi connectivity index (χ3n) is 3.48. The number of likely N-dealkylation sites (N-methyl/N-ethyl adjacent to an activating group) is 1. The summed E-state index contributed by atoms with van der Waals surface area (Å²) in [4.78, 5) is 2.49. The molecule has 0 aliphatic carbocycles. The van der Waals surface area contributed by atoms with Crippen LogP contribution in [-0.2, 0) is 0 Å². The van der Waals surface area contributed by atoms with Crippen molar-refractivity contribution in [3.05, 3.63) is 28.1 Å². The number of thiophene rings is 1. The minimum atomic E-state index is 0.632. The molecule has 1 aliphatic heterocycles. The molecule has 2 aromatic rings. The average molecular weight is 311 g/mol. The van der Waals surface area contributed by atoms with Crippen molar-refractivity contribution in [3.8, 4) is 0 Å². The summed E-state index contributed by atoms with van der Waals surface area (Å²) in [5.74, 6) is 0. The standard InChI is InChI=1S/C13H15BrN2S/c1-15-9-4-6-16(8-9)12-3-2-11(14)13-10(12)5-7-17-13/h2-3,5,7,9,15H,4,6,8H2,1H3/t9-/m0/s1. The summed E-state index contributed by atoms with van der Waals surface area (Å²) in [7, 11) is 2.05. The number of fused-ring (bicyclic) bond motifs is 1. The molecule has 1 atom stereocenters. The molecule has 1 aromatic heterocycles. The molecule has 3 rings (SSSR count). The van der Waals surface area contributed by atoms with E-state index < -0.39 is 0 Å². The Morgan fingerprint density at radius 3 is 3.06 bits per heavy atom. The Kier molecular flexibility index (Phi) is 3.11. The first-order valence-electron chi connectivity index (χ1n) is 5.87. The molecule has 0 spiro atoms. The van der Waals surface area contributed by atoms with Crippen molar-refractivity contribution in [2.45, 2.75) is 12.5 Å². The van der Waals surface area contributed by atoms with Crippen LogP contribution in [0.15, 0.2) is 28.1 Å². The van der Waals surface area contributed by atoms with Gasteiger partial charge in [-0.15, -0.1) is 11.3 Å². The summed E-state index contributed by atoms with van der Waals surface area (Å²) < 4.78 is 2.56. The molecular formula is C13H15BrN2S. The largest absolute Gasteiger partial charge is 0.369 e. The van der Waals surface area contributed by atoms with E-state index in [0.717, 1.165) is 13.1 Å². The lowest BCUT2D eigenvalue weighted by Crippen LogP contribution is -2.29. The Morgan fingerprint density at radius 1 is 1.41 bits per heavy atom. The SMILES string of the molecule is CN[C@H]1CCN(c2ccc(Br)c3sccc23)C1. The lowest BCUT2D eigenvalue weighted by molar-refractivity contribution is 0.617. The van der Waals surface area contributed by atoms with Crippen LogP contribution >= 0.6 is 27.3 Å². The topological polar surface area (TPSA) is 15.3 Å². The van der Waals surface area contributed by atoms with Crippen molar-refractivity contribution in [1.29, 1.82) is 0 Å². The molecule has 1 N–H and O–H groups in total. The predicted octanol–water partition coefficient (Wildman–Crippen LogP) is 3.46. The third kappa shape index (κ3) is 1.98. The summed E-state index contributed by atoms with van der Waals surface area (Å²) in [6, 6.07) is 7.26. The Labute approximate surface area is 114 Å². The van der Waals surface area contributed by atoms with Crippen LogP contribution in [-0.4, -0.2) is 26.2 Å². The average Bonchev–Trinajstić information content (AvgIpc) is 2.98. The fraction of sp³-hybridized carbons (Fsp3) is 0.385. The van der Waals surface area contributed by atoms with E-state index in [1.54, 1.807) is 11.3 Å². The van der Waals surface area contributed by atoms with Gasteiger partial charge in [-0.25, -0.2) is 0 Å². The second-order valence-electron chi connectivity index (χ2n) is 4.45. The maximum absolute atomic E-state index is 3.62. The fourth-order valence-electron chi connectivity index (χ4n) is 2.50. The van der Waals surface area contributed by atoms with Crippen LogP contribution in [0.3, 0.4) is 0 Å². The van der Waals surface area contributed by atoms with Gasteiger partial charge in [0, 0.05) is 34.7 Å². The molecule has 2 heterocycles. The highest BCUT2D eigenvalue weighted by Crippen LogP contribution is 2.37. The maximum Gasteiger partial charge on any atom is 0.0505 e. The van der Waals surface area contributed by atoms with Gasteiger partial charge in [0.05, 0.1) is 4.70 Å². The Hall–Kier alpha value is -0.580.